The number of hydrogen-bond donors (Lipinski definition) is 3. The van der Waals surface area contributed by atoms with Crippen molar-refractivity contribution >= 4 is 33.4 Å². The summed E-state index contributed by atoms with van der Waals surface area (Å²) in [7, 11) is -3.65. The van der Waals surface area contributed by atoms with E-state index < -0.39 is 51.4 Å². The lowest BCUT2D eigenvalue weighted by Crippen LogP contribution is -2.53. The summed E-state index contributed by atoms with van der Waals surface area (Å²) in [5.41, 5.74) is 4.90. The molecule has 12 heteroatoms. The van der Waals surface area contributed by atoms with E-state index >= 15 is 0 Å². The average Bonchev–Trinajstić information content (AvgIpc) is 2.85. The molecule has 0 bridgehead atoms. The highest BCUT2D eigenvalue weighted by molar-refractivity contribution is 7.98. The van der Waals surface area contributed by atoms with Crippen molar-refractivity contribution in [2.75, 3.05) is 12.0 Å². The fourth-order valence-corrected chi connectivity index (χ4v) is 6.41. The van der Waals surface area contributed by atoms with Crippen molar-refractivity contribution in [3.63, 3.8) is 0 Å². The highest BCUT2D eigenvalue weighted by atomic mass is 32.2. The van der Waals surface area contributed by atoms with Crippen LogP contribution in [0.2, 0.25) is 0 Å². The molecule has 1 saturated carbocycles. The monoisotopic (exact) mass is 557 g/mol. The molecule has 1 aliphatic rings. The van der Waals surface area contributed by atoms with E-state index in [4.69, 9.17) is 5.73 Å². The molecule has 1 aliphatic carbocycles. The van der Waals surface area contributed by atoms with E-state index in [2.05, 4.69) is 10.6 Å². The Balaban J connectivity index is 1.67. The molecule has 37 heavy (non-hydrogen) atoms. The lowest BCUT2D eigenvalue weighted by molar-refractivity contribution is -0.137. The summed E-state index contributed by atoms with van der Waals surface area (Å²) in [6.45, 7) is 1.41. The predicted molar refractivity (Wildman–Crippen MR) is 136 cm³/mol. The van der Waals surface area contributed by atoms with Gasteiger partial charge in [0.2, 0.25) is 5.91 Å². The number of amides is 2. The van der Waals surface area contributed by atoms with Crippen LogP contribution in [0, 0.1) is 5.92 Å². The van der Waals surface area contributed by atoms with E-state index in [1.54, 1.807) is 24.3 Å². The largest absolute Gasteiger partial charge is 0.416 e. The van der Waals surface area contributed by atoms with Crippen molar-refractivity contribution in [2.45, 2.75) is 60.3 Å². The molecule has 0 radical (unpaired) electrons. The third-order valence-corrected chi connectivity index (χ3v) is 9.00. The Morgan fingerprint density at radius 2 is 1.81 bits per heavy atom. The number of carbonyl (C=O) groups is 2. The zero-order chi connectivity index (χ0) is 27.4. The zero-order valence-electron chi connectivity index (χ0n) is 20.4. The summed E-state index contributed by atoms with van der Waals surface area (Å²) in [5, 5.41) is 5.23. The third-order valence-electron chi connectivity index (χ3n) is 6.40. The molecule has 4 N–H and O–H groups in total. The Kier molecular flexibility index (Phi) is 9.30. The minimum atomic E-state index is -4.60. The second-order valence-corrected chi connectivity index (χ2v) is 12.1. The van der Waals surface area contributed by atoms with Gasteiger partial charge in [-0.2, -0.15) is 13.2 Å². The van der Waals surface area contributed by atoms with Gasteiger partial charge >= 0.3 is 6.18 Å². The quantitative estimate of drug-likeness (QED) is 0.427. The van der Waals surface area contributed by atoms with Gasteiger partial charge in [-0.15, -0.1) is 11.8 Å². The first kappa shape index (κ1) is 29.0. The SMILES string of the molecule is CSc1ccc(S(=O)(=O)CC2CC(N)CCC2NC(=O)C(C)NC(=O)c2cccc(C(F)(F)F)c2)cc1. The van der Waals surface area contributed by atoms with Crippen LogP contribution >= 0.6 is 11.8 Å². The number of rotatable bonds is 8. The lowest BCUT2D eigenvalue weighted by Gasteiger charge is -2.35. The summed E-state index contributed by atoms with van der Waals surface area (Å²) >= 11 is 1.50. The molecule has 202 valence electrons. The molecule has 0 saturated heterocycles. The van der Waals surface area contributed by atoms with Crippen molar-refractivity contribution in [1.82, 2.24) is 10.6 Å². The van der Waals surface area contributed by atoms with E-state index in [1.807, 2.05) is 6.26 Å². The molecule has 2 aromatic rings. The van der Waals surface area contributed by atoms with E-state index in [1.165, 1.54) is 24.8 Å². The maximum atomic E-state index is 13.1. The standard InChI is InChI=1S/C25H30F3N3O4S2/c1-15(30-24(33)16-4-3-5-18(12-16)25(26,27)28)23(32)31-22-11-6-19(29)13-17(22)14-37(34,35)21-9-7-20(36-2)8-10-21/h3-5,7-10,12,15,17,19,22H,6,11,13-14,29H2,1-2H3,(H,30,33)(H,31,32). The number of benzene rings is 2. The number of alkyl halides is 3. The minimum Gasteiger partial charge on any atom is -0.351 e. The van der Waals surface area contributed by atoms with Gasteiger partial charge in [-0.05, 0) is 80.8 Å². The van der Waals surface area contributed by atoms with Gasteiger partial charge in [0.25, 0.3) is 5.91 Å². The van der Waals surface area contributed by atoms with Gasteiger partial charge in [0, 0.05) is 22.5 Å². The molecular weight excluding hydrogens is 527 g/mol. The third kappa shape index (κ3) is 7.71. The molecule has 4 atom stereocenters. The topological polar surface area (TPSA) is 118 Å². The Morgan fingerprint density at radius 3 is 2.43 bits per heavy atom. The van der Waals surface area contributed by atoms with Crippen LogP contribution in [0.15, 0.2) is 58.3 Å². The molecule has 3 rings (SSSR count). The smallest absolute Gasteiger partial charge is 0.351 e. The fraction of sp³-hybridized carbons (Fsp3) is 0.440. The first-order valence-electron chi connectivity index (χ1n) is 11.7. The van der Waals surface area contributed by atoms with Gasteiger partial charge in [0.05, 0.1) is 16.2 Å². The molecule has 0 aromatic heterocycles. The maximum absolute atomic E-state index is 13.1. The van der Waals surface area contributed by atoms with Crippen LogP contribution in [0.5, 0.6) is 0 Å². The van der Waals surface area contributed by atoms with Gasteiger partial charge < -0.3 is 16.4 Å². The minimum absolute atomic E-state index is 0.191. The number of halogens is 3. The molecule has 0 aliphatic heterocycles. The predicted octanol–water partition coefficient (Wildman–Crippen LogP) is 3.63. The van der Waals surface area contributed by atoms with Crippen molar-refractivity contribution < 1.29 is 31.2 Å². The average molecular weight is 558 g/mol. The highest BCUT2D eigenvalue weighted by Crippen LogP contribution is 2.30. The summed E-state index contributed by atoms with van der Waals surface area (Å²) in [4.78, 5) is 26.4. The van der Waals surface area contributed by atoms with Gasteiger partial charge in [0.1, 0.15) is 6.04 Å². The molecule has 4 unspecified atom stereocenters. The summed E-state index contributed by atoms with van der Waals surface area (Å²) in [6.07, 6.45) is -1.25. The number of carbonyl (C=O) groups excluding carboxylic acids is 2. The van der Waals surface area contributed by atoms with Crippen LogP contribution in [-0.2, 0) is 20.8 Å². The van der Waals surface area contributed by atoms with E-state index in [0.717, 1.165) is 23.1 Å². The van der Waals surface area contributed by atoms with E-state index in [-0.39, 0.29) is 22.3 Å². The number of nitrogens with one attached hydrogen (secondary N) is 2. The van der Waals surface area contributed by atoms with Crippen molar-refractivity contribution in [3.05, 3.63) is 59.7 Å². The summed E-state index contributed by atoms with van der Waals surface area (Å²) in [5.74, 6) is -2.03. The van der Waals surface area contributed by atoms with Crippen molar-refractivity contribution in [2.24, 2.45) is 11.7 Å². The molecule has 2 aromatic carbocycles. The van der Waals surface area contributed by atoms with Crippen LogP contribution in [0.4, 0.5) is 13.2 Å². The zero-order valence-corrected chi connectivity index (χ0v) is 22.1. The fourth-order valence-electron chi connectivity index (χ4n) is 4.33. The van der Waals surface area contributed by atoms with E-state index in [9.17, 15) is 31.2 Å². The van der Waals surface area contributed by atoms with Crippen molar-refractivity contribution in [3.8, 4) is 0 Å². The van der Waals surface area contributed by atoms with Crippen LogP contribution in [-0.4, -0.2) is 50.4 Å². The Labute approximate surface area is 218 Å². The lowest BCUT2D eigenvalue weighted by atomic mass is 9.83. The molecule has 7 nitrogen and oxygen atoms in total. The second kappa shape index (κ2) is 11.9. The normalized spacial score (nSPS) is 21.2. The van der Waals surface area contributed by atoms with Gasteiger partial charge in [-0.3, -0.25) is 9.59 Å². The molecule has 2 amide bonds. The van der Waals surface area contributed by atoms with Gasteiger partial charge in [-0.25, -0.2) is 8.42 Å². The maximum Gasteiger partial charge on any atom is 0.416 e. The summed E-state index contributed by atoms with van der Waals surface area (Å²) in [6, 6.07) is 8.75. The van der Waals surface area contributed by atoms with Crippen molar-refractivity contribution in [1.29, 1.82) is 0 Å². The van der Waals surface area contributed by atoms with Crippen LogP contribution in [0.1, 0.15) is 42.1 Å². The van der Waals surface area contributed by atoms with Gasteiger partial charge in [0.15, 0.2) is 9.84 Å². The highest BCUT2D eigenvalue weighted by Gasteiger charge is 2.35. The Bertz CT molecular complexity index is 1220. The Hall–Kier alpha value is -2.57. The van der Waals surface area contributed by atoms with Crippen LogP contribution in [0.3, 0.4) is 0 Å². The second-order valence-electron chi connectivity index (χ2n) is 9.18. The van der Waals surface area contributed by atoms with E-state index in [0.29, 0.717) is 19.3 Å². The van der Waals surface area contributed by atoms with Crippen LogP contribution < -0.4 is 16.4 Å². The summed E-state index contributed by atoms with van der Waals surface area (Å²) < 4.78 is 65.0. The number of thioether (sulfide) groups is 1. The number of nitrogens with two attached hydrogens (primary N) is 1. The first-order valence-corrected chi connectivity index (χ1v) is 14.6. The first-order chi connectivity index (χ1) is 17.3. The molecule has 1 fully saturated rings. The number of sulfone groups is 1. The molecule has 0 heterocycles. The molecule has 0 spiro atoms. The van der Waals surface area contributed by atoms with Crippen LogP contribution in [0.25, 0.3) is 0 Å². The van der Waals surface area contributed by atoms with Gasteiger partial charge in [-0.1, -0.05) is 6.07 Å². The Morgan fingerprint density at radius 1 is 1.14 bits per heavy atom. The number of hydrogen-bond acceptors (Lipinski definition) is 6. The molecular formula is C25H30F3N3O4S2.